The standard InChI is InChI=1S/C21H25ClN4O2/c1-21(2,3)28-20(27)26-12-15-10-25(11-16(15)13-26)19-9-23-18(8-24-19)14-4-6-17(22)7-5-14/h4-9,15-16H,10-13H2,1-3H3. The van der Waals surface area contributed by atoms with Crippen LogP contribution in [0.25, 0.3) is 11.3 Å². The van der Waals surface area contributed by atoms with Crippen molar-refractivity contribution in [1.82, 2.24) is 14.9 Å². The van der Waals surface area contributed by atoms with E-state index < -0.39 is 5.60 Å². The summed E-state index contributed by atoms with van der Waals surface area (Å²) in [6, 6.07) is 7.59. The zero-order valence-electron chi connectivity index (χ0n) is 16.4. The number of amides is 1. The maximum absolute atomic E-state index is 12.3. The smallest absolute Gasteiger partial charge is 0.410 e. The number of hydrogen-bond donors (Lipinski definition) is 0. The van der Waals surface area contributed by atoms with Crippen molar-refractivity contribution in [3.8, 4) is 11.3 Å². The molecule has 4 rings (SSSR count). The minimum absolute atomic E-state index is 0.208. The predicted octanol–water partition coefficient (Wildman–Crippen LogP) is 4.10. The molecule has 2 saturated heterocycles. The third-order valence-electron chi connectivity index (χ3n) is 5.24. The van der Waals surface area contributed by atoms with E-state index in [4.69, 9.17) is 16.3 Å². The van der Waals surface area contributed by atoms with Gasteiger partial charge in [-0.2, -0.15) is 0 Å². The molecule has 1 amide bonds. The van der Waals surface area contributed by atoms with E-state index in [1.807, 2.05) is 56.1 Å². The van der Waals surface area contributed by atoms with Crippen molar-refractivity contribution < 1.29 is 9.53 Å². The Morgan fingerprint density at radius 1 is 1.04 bits per heavy atom. The Labute approximate surface area is 170 Å². The van der Waals surface area contributed by atoms with Crippen LogP contribution in [0, 0.1) is 11.8 Å². The third-order valence-corrected chi connectivity index (χ3v) is 5.49. The first-order chi connectivity index (χ1) is 13.3. The minimum atomic E-state index is -0.456. The lowest BCUT2D eigenvalue weighted by molar-refractivity contribution is 0.0282. The summed E-state index contributed by atoms with van der Waals surface area (Å²) < 4.78 is 5.50. The molecule has 2 unspecified atom stereocenters. The van der Waals surface area contributed by atoms with Gasteiger partial charge in [-0.3, -0.25) is 4.98 Å². The van der Waals surface area contributed by atoms with E-state index in [2.05, 4.69) is 14.9 Å². The molecule has 1 aromatic carbocycles. The van der Waals surface area contributed by atoms with Crippen LogP contribution < -0.4 is 4.90 Å². The maximum Gasteiger partial charge on any atom is 0.410 e. The Bertz CT molecular complexity index is 834. The average molecular weight is 401 g/mol. The van der Waals surface area contributed by atoms with Gasteiger partial charge in [0.2, 0.25) is 0 Å². The molecule has 0 aliphatic carbocycles. The lowest BCUT2D eigenvalue weighted by atomic mass is 10.0. The van der Waals surface area contributed by atoms with Crippen molar-refractivity contribution in [3.63, 3.8) is 0 Å². The molecule has 1 aromatic heterocycles. The summed E-state index contributed by atoms with van der Waals surface area (Å²) >= 11 is 5.94. The molecule has 0 bridgehead atoms. The number of likely N-dealkylation sites (tertiary alicyclic amines) is 1. The van der Waals surface area contributed by atoms with E-state index >= 15 is 0 Å². The van der Waals surface area contributed by atoms with Gasteiger partial charge >= 0.3 is 6.09 Å². The molecule has 2 fully saturated rings. The van der Waals surface area contributed by atoms with Gasteiger partial charge in [0, 0.05) is 48.6 Å². The zero-order chi connectivity index (χ0) is 19.9. The second-order valence-corrected chi connectivity index (χ2v) is 9.01. The molecule has 2 aromatic rings. The lowest BCUT2D eigenvalue weighted by Crippen LogP contribution is -2.37. The van der Waals surface area contributed by atoms with Crippen molar-refractivity contribution in [2.75, 3.05) is 31.1 Å². The molecule has 2 atom stereocenters. The van der Waals surface area contributed by atoms with Crippen molar-refractivity contribution in [3.05, 3.63) is 41.7 Å². The lowest BCUT2D eigenvalue weighted by Gasteiger charge is -2.26. The number of halogens is 1. The second kappa shape index (κ2) is 7.24. The highest BCUT2D eigenvalue weighted by atomic mass is 35.5. The number of nitrogens with zero attached hydrogens (tertiary/aromatic N) is 4. The van der Waals surface area contributed by atoms with E-state index in [-0.39, 0.29) is 6.09 Å². The number of benzene rings is 1. The van der Waals surface area contributed by atoms with Gasteiger partial charge in [0.25, 0.3) is 0 Å². The molecule has 2 aliphatic heterocycles. The van der Waals surface area contributed by atoms with E-state index in [1.165, 1.54) is 0 Å². The number of ether oxygens (including phenoxy) is 1. The normalized spacial score (nSPS) is 21.7. The molecule has 6 nitrogen and oxygen atoms in total. The van der Waals surface area contributed by atoms with Crippen LogP contribution in [-0.4, -0.2) is 52.7 Å². The van der Waals surface area contributed by atoms with Crippen molar-refractivity contribution in [1.29, 1.82) is 0 Å². The third kappa shape index (κ3) is 4.07. The highest BCUT2D eigenvalue weighted by Gasteiger charge is 2.43. The summed E-state index contributed by atoms with van der Waals surface area (Å²) in [5.41, 5.74) is 1.37. The Morgan fingerprint density at radius 2 is 1.68 bits per heavy atom. The fraction of sp³-hybridized carbons (Fsp3) is 0.476. The number of carbonyl (C=O) groups excluding carboxylic acids is 1. The maximum atomic E-state index is 12.3. The zero-order valence-corrected chi connectivity index (χ0v) is 17.2. The summed E-state index contributed by atoms with van der Waals surface area (Å²) in [5, 5.41) is 0.706. The molecule has 3 heterocycles. The molecule has 7 heteroatoms. The molecule has 0 radical (unpaired) electrons. The highest BCUT2D eigenvalue weighted by Crippen LogP contribution is 2.34. The van der Waals surface area contributed by atoms with Crippen LogP contribution in [0.1, 0.15) is 20.8 Å². The van der Waals surface area contributed by atoms with Gasteiger partial charge in [0.15, 0.2) is 0 Å². The van der Waals surface area contributed by atoms with E-state index in [0.717, 1.165) is 43.3 Å². The SMILES string of the molecule is CC(C)(C)OC(=O)N1CC2CN(c3cnc(-c4ccc(Cl)cc4)cn3)CC2C1. The summed E-state index contributed by atoms with van der Waals surface area (Å²) in [5.74, 6) is 1.78. The number of rotatable bonds is 2. The second-order valence-electron chi connectivity index (χ2n) is 8.58. The Kier molecular flexibility index (Phi) is 4.91. The largest absolute Gasteiger partial charge is 0.444 e. The molecule has 0 N–H and O–H groups in total. The van der Waals surface area contributed by atoms with Gasteiger partial charge in [-0.25, -0.2) is 9.78 Å². The summed E-state index contributed by atoms with van der Waals surface area (Å²) in [4.78, 5) is 25.6. The molecule has 2 aliphatic rings. The average Bonchev–Trinajstić information content (AvgIpc) is 3.20. The fourth-order valence-corrected chi connectivity index (χ4v) is 4.04. The van der Waals surface area contributed by atoms with Crippen LogP contribution in [0.4, 0.5) is 10.6 Å². The van der Waals surface area contributed by atoms with Gasteiger partial charge in [-0.15, -0.1) is 0 Å². The molecule has 0 saturated carbocycles. The highest BCUT2D eigenvalue weighted by molar-refractivity contribution is 6.30. The molecular weight excluding hydrogens is 376 g/mol. The van der Waals surface area contributed by atoms with E-state index in [1.54, 1.807) is 6.20 Å². The first-order valence-corrected chi connectivity index (χ1v) is 9.97. The van der Waals surface area contributed by atoms with Crippen LogP contribution in [0.3, 0.4) is 0 Å². The quantitative estimate of drug-likeness (QED) is 0.759. The number of hydrogen-bond acceptors (Lipinski definition) is 5. The first kappa shape index (κ1) is 19.0. The molecular formula is C21H25ClN4O2. The Balaban J connectivity index is 1.37. The van der Waals surface area contributed by atoms with E-state index in [9.17, 15) is 4.79 Å². The van der Waals surface area contributed by atoms with Gasteiger partial charge in [0.05, 0.1) is 18.1 Å². The van der Waals surface area contributed by atoms with Crippen LogP contribution in [0.15, 0.2) is 36.7 Å². The topological polar surface area (TPSA) is 58.6 Å². The van der Waals surface area contributed by atoms with Crippen molar-refractivity contribution >= 4 is 23.5 Å². The van der Waals surface area contributed by atoms with Gasteiger partial charge in [0.1, 0.15) is 11.4 Å². The number of anilines is 1. The summed E-state index contributed by atoms with van der Waals surface area (Å²) in [6.45, 7) is 8.96. The van der Waals surface area contributed by atoms with Crippen LogP contribution in [0.5, 0.6) is 0 Å². The monoisotopic (exact) mass is 400 g/mol. The van der Waals surface area contributed by atoms with Crippen LogP contribution in [0.2, 0.25) is 5.02 Å². The van der Waals surface area contributed by atoms with Gasteiger partial charge in [-0.1, -0.05) is 23.7 Å². The summed E-state index contributed by atoms with van der Waals surface area (Å²) in [6.07, 6.45) is 3.43. The number of fused-ring (bicyclic) bond motifs is 1. The molecule has 28 heavy (non-hydrogen) atoms. The van der Waals surface area contributed by atoms with Crippen LogP contribution >= 0.6 is 11.6 Å². The van der Waals surface area contributed by atoms with Crippen LogP contribution in [-0.2, 0) is 4.74 Å². The van der Waals surface area contributed by atoms with Gasteiger partial charge in [-0.05, 0) is 32.9 Å². The molecule has 0 spiro atoms. The van der Waals surface area contributed by atoms with Crippen molar-refractivity contribution in [2.24, 2.45) is 11.8 Å². The Morgan fingerprint density at radius 3 is 2.21 bits per heavy atom. The first-order valence-electron chi connectivity index (χ1n) is 9.59. The predicted molar refractivity (Wildman–Crippen MR) is 109 cm³/mol. The van der Waals surface area contributed by atoms with Gasteiger partial charge < -0.3 is 14.5 Å². The number of carbonyl (C=O) groups is 1. The van der Waals surface area contributed by atoms with Crippen molar-refractivity contribution in [2.45, 2.75) is 26.4 Å². The molecule has 148 valence electrons. The number of aromatic nitrogens is 2. The Hall–Kier alpha value is -2.34. The fourth-order valence-electron chi connectivity index (χ4n) is 3.91. The van der Waals surface area contributed by atoms with E-state index in [0.29, 0.717) is 16.9 Å². The minimum Gasteiger partial charge on any atom is -0.444 e. The summed E-state index contributed by atoms with van der Waals surface area (Å²) in [7, 11) is 0.